The Balaban J connectivity index is 3.49. The second kappa shape index (κ2) is 6.83. The van der Waals surface area contributed by atoms with Crippen LogP contribution in [0.25, 0.3) is 0 Å². The Bertz CT molecular complexity index is 143. The Labute approximate surface area is 73.1 Å². The van der Waals surface area contributed by atoms with Gasteiger partial charge in [-0.3, -0.25) is 4.79 Å². The number of hydrogen-bond donors (Lipinski definition) is 0. The molecule has 0 rings (SSSR count). The molecule has 0 saturated heterocycles. The van der Waals surface area contributed by atoms with Crippen LogP contribution in [0.3, 0.4) is 0 Å². The molecular weight excluding hydrogens is 156 g/mol. The van der Waals surface area contributed by atoms with Gasteiger partial charge in [0.05, 0.1) is 12.5 Å². The first kappa shape index (κ1) is 11.1. The van der Waals surface area contributed by atoms with Crippen LogP contribution in [0.2, 0.25) is 0 Å². The molecule has 0 aliphatic rings. The number of esters is 1. The highest BCUT2D eigenvalue weighted by molar-refractivity contribution is 5.74. The van der Waals surface area contributed by atoms with Crippen molar-refractivity contribution in [2.24, 2.45) is 5.92 Å². The summed E-state index contributed by atoms with van der Waals surface area (Å²) in [4.78, 5) is 21.1. The van der Waals surface area contributed by atoms with Gasteiger partial charge in [0.2, 0.25) is 0 Å². The summed E-state index contributed by atoms with van der Waals surface area (Å²) in [7, 11) is 0. The van der Waals surface area contributed by atoms with E-state index in [-0.39, 0.29) is 18.3 Å². The molecule has 0 spiro atoms. The summed E-state index contributed by atoms with van der Waals surface area (Å²) in [6, 6.07) is 0. The van der Waals surface area contributed by atoms with Crippen molar-refractivity contribution in [3.05, 3.63) is 0 Å². The monoisotopic (exact) mass is 172 g/mol. The van der Waals surface area contributed by atoms with Crippen molar-refractivity contribution in [3.8, 4) is 0 Å². The van der Waals surface area contributed by atoms with Gasteiger partial charge >= 0.3 is 5.97 Å². The highest BCUT2D eigenvalue weighted by atomic mass is 16.5. The van der Waals surface area contributed by atoms with Crippen LogP contribution in [0.1, 0.15) is 33.1 Å². The van der Waals surface area contributed by atoms with Crippen LogP contribution in [0.4, 0.5) is 0 Å². The van der Waals surface area contributed by atoms with Crippen molar-refractivity contribution >= 4 is 12.3 Å². The summed E-state index contributed by atoms with van der Waals surface area (Å²) < 4.78 is 4.90. The minimum Gasteiger partial charge on any atom is -0.465 e. The van der Waals surface area contributed by atoms with Gasteiger partial charge in [-0.2, -0.15) is 0 Å². The third-order valence-corrected chi connectivity index (χ3v) is 1.59. The predicted molar refractivity (Wildman–Crippen MR) is 45.7 cm³/mol. The van der Waals surface area contributed by atoms with E-state index in [1.165, 1.54) is 0 Å². The molecule has 0 N–H and O–H groups in total. The summed E-state index contributed by atoms with van der Waals surface area (Å²) in [6.45, 7) is 4.20. The van der Waals surface area contributed by atoms with E-state index in [0.717, 1.165) is 19.1 Å². The van der Waals surface area contributed by atoms with Crippen LogP contribution in [0, 0.1) is 5.92 Å². The van der Waals surface area contributed by atoms with E-state index in [1.807, 2.05) is 6.92 Å². The molecule has 0 aromatic carbocycles. The molecule has 12 heavy (non-hydrogen) atoms. The molecule has 1 atom stereocenters. The number of carbonyl (C=O) groups excluding carboxylic acids is 2. The van der Waals surface area contributed by atoms with Crippen LogP contribution in [0.15, 0.2) is 0 Å². The second-order valence-corrected chi connectivity index (χ2v) is 2.82. The lowest BCUT2D eigenvalue weighted by atomic mass is 10.1. The van der Waals surface area contributed by atoms with Crippen molar-refractivity contribution in [1.82, 2.24) is 0 Å². The summed E-state index contributed by atoms with van der Waals surface area (Å²) in [5, 5.41) is 0. The molecule has 0 unspecified atom stereocenters. The normalized spacial score (nSPS) is 12.2. The zero-order valence-corrected chi connectivity index (χ0v) is 7.71. The molecule has 0 saturated carbocycles. The second-order valence-electron chi connectivity index (χ2n) is 2.82. The van der Waals surface area contributed by atoms with Gasteiger partial charge in [-0.05, 0) is 6.42 Å². The van der Waals surface area contributed by atoms with Gasteiger partial charge in [0, 0.05) is 6.42 Å². The number of carbonyl (C=O) groups is 2. The van der Waals surface area contributed by atoms with E-state index in [1.54, 1.807) is 6.92 Å². The Hall–Kier alpha value is -0.860. The number of rotatable bonds is 6. The van der Waals surface area contributed by atoms with Crippen LogP contribution < -0.4 is 0 Å². The smallest absolute Gasteiger partial charge is 0.309 e. The maximum atomic E-state index is 11.0. The zero-order chi connectivity index (χ0) is 9.40. The number of aldehydes is 1. The Morgan fingerprint density at radius 3 is 2.75 bits per heavy atom. The van der Waals surface area contributed by atoms with Gasteiger partial charge < -0.3 is 9.53 Å². The van der Waals surface area contributed by atoms with E-state index in [9.17, 15) is 9.59 Å². The highest BCUT2D eigenvalue weighted by Gasteiger charge is 2.12. The Kier molecular flexibility index (Phi) is 6.34. The first-order valence-electron chi connectivity index (χ1n) is 4.32. The van der Waals surface area contributed by atoms with E-state index in [0.29, 0.717) is 6.61 Å². The standard InChI is InChI=1S/C9H16O3/c1-3-4-7-12-9(11)8(2)5-6-10/h6,8H,3-5,7H2,1-2H3/t8-/m1/s1. The van der Waals surface area contributed by atoms with Gasteiger partial charge in [0.25, 0.3) is 0 Å². The van der Waals surface area contributed by atoms with E-state index in [2.05, 4.69) is 0 Å². The first-order valence-corrected chi connectivity index (χ1v) is 4.32. The van der Waals surface area contributed by atoms with Gasteiger partial charge in [-0.15, -0.1) is 0 Å². The van der Waals surface area contributed by atoms with Crippen molar-refractivity contribution < 1.29 is 14.3 Å². The fourth-order valence-electron chi connectivity index (χ4n) is 0.700. The minimum atomic E-state index is -0.292. The van der Waals surface area contributed by atoms with Crippen LogP contribution in [-0.4, -0.2) is 18.9 Å². The van der Waals surface area contributed by atoms with Crippen molar-refractivity contribution in [1.29, 1.82) is 0 Å². The predicted octanol–water partition coefficient (Wildman–Crippen LogP) is 1.55. The van der Waals surface area contributed by atoms with E-state index >= 15 is 0 Å². The summed E-state index contributed by atoms with van der Waals surface area (Å²) in [5.74, 6) is -0.560. The molecular formula is C9H16O3. The largest absolute Gasteiger partial charge is 0.465 e. The molecule has 0 aromatic rings. The molecule has 0 radical (unpaired) electrons. The minimum absolute atomic E-state index is 0.255. The lowest BCUT2D eigenvalue weighted by Crippen LogP contribution is -2.15. The van der Waals surface area contributed by atoms with Crippen molar-refractivity contribution in [2.45, 2.75) is 33.1 Å². The first-order chi connectivity index (χ1) is 5.72. The maximum Gasteiger partial charge on any atom is 0.309 e. The fourth-order valence-corrected chi connectivity index (χ4v) is 0.700. The Morgan fingerprint density at radius 1 is 1.58 bits per heavy atom. The molecule has 0 amide bonds. The summed E-state index contributed by atoms with van der Waals surface area (Å²) in [5.41, 5.74) is 0. The van der Waals surface area contributed by atoms with E-state index < -0.39 is 0 Å². The Morgan fingerprint density at radius 2 is 2.25 bits per heavy atom. The quantitative estimate of drug-likeness (QED) is 0.347. The highest BCUT2D eigenvalue weighted by Crippen LogP contribution is 2.02. The molecule has 3 nitrogen and oxygen atoms in total. The van der Waals surface area contributed by atoms with Crippen molar-refractivity contribution in [3.63, 3.8) is 0 Å². The topological polar surface area (TPSA) is 43.4 Å². The average molecular weight is 172 g/mol. The molecule has 0 aliphatic carbocycles. The van der Waals surface area contributed by atoms with E-state index in [4.69, 9.17) is 4.74 Å². The molecule has 0 fully saturated rings. The molecule has 3 heteroatoms. The lowest BCUT2D eigenvalue weighted by molar-refractivity contribution is -0.148. The maximum absolute atomic E-state index is 11.0. The third-order valence-electron chi connectivity index (χ3n) is 1.59. The SMILES string of the molecule is CCCCOC(=O)[C@H](C)CC=O. The van der Waals surface area contributed by atoms with Crippen molar-refractivity contribution in [2.75, 3.05) is 6.61 Å². The van der Waals surface area contributed by atoms with Gasteiger partial charge in [-0.25, -0.2) is 0 Å². The number of ether oxygens (including phenoxy) is 1. The lowest BCUT2D eigenvalue weighted by Gasteiger charge is -2.07. The molecule has 0 heterocycles. The zero-order valence-electron chi connectivity index (χ0n) is 7.71. The third kappa shape index (κ3) is 4.88. The van der Waals surface area contributed by atoms with Gasteiger partial charge in [-0.1, -0.05) is 20.3 Å². The number of unbranched alkanes of at least 4 members (excludes halogenated alkanes) is 1. The average Bonchev–Trinajstić information content (AvgIpc) is 2.05. The summed E-state index contributed by atoms with van der Waals surface area (Å²) >= 11 is 0. The molecule has 70 valence electrons. The van der Waals surface area contributed by atoms with Gasteiger partial charge in [0.15, 0.2) is 0 Å². The van der Waals surface area contributed by atoms with Crippen LogP contribution in [-0.2, 0) is 14.3 Å². The molecule has 0 bridgehead atoms. The fraction of sp³-hybridized carbons (Fsp3) is 0.778. The van der Waals surface area contributed by atoms with Crippen LogP contribution in [0.5, 0.6) is 0 Å². The summed E-state index contributed by atoms with van der Waals surface area (Å²) in [6.07, 6.45) is 2.89. The molecule has 0 aliphatic heterocycles. The van der Waals surface area contributed by atoms with Gasteiger partial charge in [0.1, 0.15) is 6.29 Å². The number of hydrogen-bond acceptors (Lipinski definition) is 3. The van der Waals surface area contributed by atoms with Crippen LogP contribution >= 0.6 is 0 Å². The molecule has 0 aromatic heterocycles.